The zero-order valence-electron chi connectivity index (χ0n) is 17.5. The van der Waals surface area contributed by atoms with Crippen LogP contribution in [0.2, 0.25) is 0 Å². The number of fused-ring (bicyclic) bond motifs is 2. The number of halogens is 1. The zero-order chi connectivity index (χ0) is 20.3. The maximum Gasteiger partial charge on any atom is 0.123 e. The summed E-state index contributed by atoms with van der Waals surface area (Å²) in [5.41, 5.74) is 2.12. The third kappa shape index (κ3) is 3.46. The molecule has 2 aliphatic rings. The molecule has 6 atom stereocenters. The second-order valence-corrected chi connectivity index (χ2v) is 12.9. The van der Waals surface area contributed by atoms with Crippen LogP contribution in [0.5, 0.6) is 0 Å². The maximum absolute atomic E-state index is 13.8. The van der Waals surface area contributed by atoms with Crippen molar-refractivity contribution in [2.24, 2.45) is 17.8 Å². The first-order valence-electron chi connectivity index (χ1n) is 10.4. The molecule has 3 unspecified atom stereocenters. The third-order valence-electron chi connectivity index (χ3n) is 7.14. The SMILES string of the molecule is CC[C@@H](NS(C)([O-])C(C)(C)C)C1[C@H]2CC(c3ccnc4ccc(F)cc34)C[C@@H]12. The first-order valence-corrected chi connectivity index (χ1v) is 12.4. The van der Waals surface area contributed by atoms with E-state index < -0.39 is 10.5 Å². The van der Waals surface area contributed by atoms with Gasteiger partial charge >= 0.3 is 0 Å². The van der Waals surface area contributed by atoms with Crippen LogP contribution in [0, 0.1) is 23.6 Å². The van der Waals surface area contributed by atoms with Crippen LogP contribution >= 0.6 is 10.5 Å². The van der Waals surface area contributed by atoms with Crippen LogP contribution in [-0.4, -0.2) is 26.6 Å². The molecule has 0 saturated heterocycles. The van der Waals surface area contributed by atoms with Crippen molar-refractivity contribution in [3.63, 3.8) is 0 Å². The van der Waals surface area contributed by atoms with Gasteiger partial charge in [-0.05, 0) is 83.8 Å². The molecular weight excluding hydrogens is 371 g/mol. The van der Waals surface area contributed by atoms with E-state index in [0.717, 1.165) is 30.2 Å². The van der Waals surface area contributed by atoms with Gasteiger partial charge in [0.15, 0.2) is 0 Å². The topological polar surface area (TPSA) is 48.0 Å². The molecule has 1 aromatic heterocycles. The van der Waals surface area contributed by atoms with E-state index in [0.29, 0.717) is 29.7 Å². The van der Waals surface area contributed by atoms with Crippen LogP contribution in [0.25, 0.3) is 10.9 Å². The van der Waals surface area contributed by atoms with E-state index in [2.05, 4.69) is 22.7 Å². The van der Waals surface area contributed by atoms with Gasteiger partial charge in [0.2, 0.25) is 0 Å². The van der Waals surface area contributed by atoms with E-state index in [9.17, 15) is 8.94 Å². The number of benzene rings is 1. The summed E-state index contributed by atoms with van der Waals surface area (Å²) in [6.07, 6.45) is 7.01. The summed E-state index contributed by atoms with van der Waals surface area (Å²) >= 11 is 0. The summed E-state index contributed by atoms with van der Waals surface area (Å²) in [5, 5.41) is 0.958. The minimum absolute atomic E-state index is 0.196. The molecule has 0 amide bonds. The largest absolute Gasteiger partial charge is 0.801 e. The van der Waals surface area contributed by atoms with Gasteiger partial charge in [0.1, 0.15) is 5.82 Å². The van der Waals surface area contributed by atoms with E-state index in [-0.39, 0.29) is 10.6 Å². The molecule has 4 rings (SSSR count). The van der Waals surface area contributed by atoms with E-state index in [4.69, 9.17) is 0 Å². The Bertz CT molecular complexity index is 867. The molecule has 1 heterocycles. The fourth-order valence-electron chi connectivity index (χ4n) is 5.14. The highest BCUT2D eigenvalue weighted by Crippen LogP contribution is 2.65. The van der Waals surface area contributed by atoms with Gasteiger partial charge in [-0.25, -0.2) is 4.39 Å². The zero-order valence-corrected chi connectivity index (χ0v) is 18.4. The van der Waals surface area contributed by atoms with Crippen LogP contribution in [0.1, 0.15) is 58.4 Å². The van der Waals surface area contributed by atoms with E-state index in [1.807, 2.05) is 33.2 Å². The van der Waals surface area contributed by atoms with Crippen LogP contribution < -0.4 is 4.72 Å². The molecule has 0 bridgehead atoms. The Balaban J connectivity index is 1.48. The monoisotopic (exact) mass is 403 g/mol. The molecule has 154 valence electrons. The molecule has 0 radical (unpaired) electrons. The summed E-state index contributed by atoms with van der Waals surface area (Å²) in [5.74, 6) is 2.28. The van der Waals surface area contributed by atoms with Crippen molar-refractivity contribution in [2.75, 3.05) is 6.26 Å². The van der Waals surface area contributed by atoms with Gasteiger partial charge in [0.05, 0.1) is 5.52 Å². The van der Waals surface area contributed by atoms with Gasteiger partial charge in [-0.3, -0.25) is 20.2 Å². The fraction of sp³-hybridized carbons (Fsp3) is 0.609. The normalized spacial score (nSPS) is 31.2. The third-order valence-corrected chi connectivity index (χ3v) is 10.2. The smallest absolute Gasteiger partial charge is 0.123 e. The number of aromatic nitrogens is 1. The average molecular weight is 404 g/mol. The summed E-state index contributed by atoms with van der Waals surface area (Å²) in [6, 6.07) is 7.27. The molecule has 28 heavy (non-hydrogen) atoms. The number of nitrogens with zero attached hydrogens (tertiary/aromatic N) is 1. The number of pyridine rings is 1. The lowest BCUT2D eigenvalue weighted by molar-refractivity contribution is 0.415. The Labute approximate surface area is 169 Å². The van der Waals surface area contributed by atoms with Crippen molar-refractivity contribution in [3.05, 3.63) is 41.8 Å². The minimum Gasteiger partial charge on any atom is -0.801 e. The van der Waals surface area contributed by atoms with Gasteiger partial charge in [0.25, 0.3) is 0 Å². The Morgan fingerprint density at radius 1 is 1.25 bits per heavy atom. The summed E-state index contributed by atoms with van der Waals surface area (Å²) in [4.78, 5) is 4.40. The first kappa shape index (κ1) is 20.1. The average Bonchev–Trinajstić information content (AvgIpc) is 3.11. The number of hydrogen-bond acceptors (Lipinski definition) is 3. The highest BCUT2D eigenvalue weighted by molar-refractivity contribution is 8.27. The predicted molar refractivity (Wildman–Crippen MR) is 115 cm³/mol. The molecule has 2 fully saturated rings. The Morgan fingerprint density at radius 2 is 1.93 bits per heavy atom. The van der Waals surface area contributed by atoms with Crippen LogP contribution in [0.3, 0.4) is 0 Å². The van der Waals surface area contributed by atoms with Gasteiger partial charge < -0.3 is 4.55 Å². The maximum atomic E-state index is 13.8. The van der Waals surface area contributed by atoms with Gasteiger partial charge in [-0.2, -0.15) is 0 Å². The minimum atomic E-state index is -2.09. The molecule has 0 aliphatic heterocycles. The molecular formula is C23H32FN2OS-. The van der Waals surface area contributed by atoms with Gasteiger partial charge in [-0.1, -0.05) is 27.7 Å². The quantitative estimate of drug-likeness (QED) is 0.690. The standard InChI is InChI=1S/C23H33FN2OS/c1-6-20(26-28(5,27)23(2,3)4)22-18-11-14(12-19(18)22)16-9-10-25-21-8-7-15(24)13-17(16)21/h7-10,13-14,18-20,22,26-27H,6,11-12H2,1-5H3/p-1/t14?,18-,19+,20-,22?/m1/s1. The summed E-state index contributed by atoms with van der Waals surface area (Å²) in [7, 11) is -2.09. The summed E-state index contributed by atoms with van der Waals surface area (Å²) < 4.78 is 30.2. The van der Waals surface area contributed by atoms with Crippen molar-refractivity contribution in [1.29, 1.82) is 0 Å². The molecule has 1 aromatic carbocycles. The molecule has 2 aliphatic carbocycles. The van der Waals surface area contributed by atoms with Crippen molar-refractivity contribution in [3.8, 4) is 0 Å². The highest BCUT2D eigenvalue weighted by Gasteiger charge is 2.58. The van der Waals surface area contributed by atoms with E-state index in [1.165, 1.54) is 11.6 Å². The molecule has 2 aromatic rings. The Hall–Kier alpha value is -1.17. The molecule has 5 heteroatoms. The van der Waals surface area contributed by atoms with Crippen molar-refractivity contribution >= 4 is 21.4 Å². The Morgan fingerprint density at radius 3 is 2.54 bits per heavy atom. The van der Waals surface area contributed by atoms with Crippen LogP contribution in [-0.2, 0) is 0 Å². The number of rotatable bonds is 5. The number of nitrogens with one attached hydrogen (secondary N) is 1. The Kier molecular flexibility index (Phi) is 5.00. The van der Waals surface area contributed by atoms with Crippen molar-refractivity contribution in [2.45, 2.75) is 63.7 Å². The molecule has 0 spiro atoms. The van der Waals surface area contributed by atoms with Crippen molar-refractivity contribution in [1.82, 2.24) is 9.71 Å². The summed E-state index contributed by atoms with van der Waals surface area (Å²) in [6.45, 7) is 8.34. The van der Waals surface area contributed by atoms with Gasteiger partial charge in [0, 0.05) is 17.6 Å². The lowest BCUT2D eigenvalue weighted by Gasteiger charge is -2.57. The predicted octanol–water partition coefficient (Wildman–Crippen LogP) is 5.76. The molecule has 3 nitrogen and oxygen atoms in total. The first-order chi connectivity index (χ1) is 13.1. The fourth-order valence-corrected chi connectivity index (χ4v) is 6.39. The van der Waals surface area contributed by atoms with Gasteiger partial charge in [-0.15, -0.1) is 0 Å². The second kappa shape index (κ2) is 6.96. The van der Waals surface area contributed by atoms with E-state index >= 15 is 0 Å². The lowest BCUT2D eigenvalue weighted by atomic mass is 9.88. The molecule has 1 N–H and O–H groups in total. The lowest BCUT2D eigenvalue weighted by Crippen LogP contribution is -2.42. The molecule has 2 saturated carbocycles. The van der Waals surface area contributed by atoms with E-state index in [1.54, 1.807) is 12.1 Å². The van der Waals surface area contributed by atoms with Crippen LogP contribution in [0.4, 0.5) is 4.39 Å². The van der Waals surface area contributed by atoms with Crippen LogP contribution in [0.15, 0.2) is 30.5 Å². The second-order valence-electron chi connectivity index (χ2n) is 9.72. The van der Waals surface area contributed by atoms with Crippen molar-refractivity contribution < 1.29 is 8.94 Å². The highest BCUT2D eigenvalue weighted by atomic mass is 32.3. The number of hydrogen-bond donors (Lipinski definition) is 1.